The summed E-state index contributed by atoms with van der Waals surface area (Å²) in [5.41, 5.74) is 1.03. The molecule has 0 atom stereocenters. The molecule has 0 amide bonds. The highest BCUT2D eigenvalue weighted by atomic mass is 32.1. The number of rotatable bonds is 5. The number of nitrogens with one attached hydrogen (secondary N) is 1. The molecule has 3 heterocycles. The van der Waals surface area contributed by atoms with E-state index in [0.717, 1.165) is 59.2 Å². The molecular formula is C19H22N4O2S. The predicted molar refractivity (Wildman–Crippen MR) is 106 cm³/mol. The Morgan fingerprint density at radius 1 is 1.08 bits per heavy atom. The summed E-state index contributed by atoms with van der Waals surface area (Å²) in [6.07, 6.45) is 3.77. The van der Waals surface area contributed by atoms with Crippen LogP contribution in [0.5, 0.6) is 11.5 Å². The number of hydrogen-bond acceptors (Lipinski definition) is 7. The third-order valence-electron chi connectivity index (χ3n) is 4.76. The number of anilines is 2. The summed E-state index contributed by atoms with van der Waals surface area (Å²) >= 11 is 1.66. The van der Waals surface area contributed by atoms with Crippen molar-refractivity contribution in [3.05, 3.63) is 36.0 Å². The molecule has 0 spiro atoms. The van der Waals surface area contributed by atoms with Gasteiger partial charge in [-0.05, 0) is 24.3 Å². The van der Waals surface area contributed by atoms with Gasteiger partial charge >= 0.3 is 0 Å². The summed E-state index contributed by atoms with van der Waals surface area (Å²) < 4.78 is 10.7. The number of aromatic nitrogens is 2. The van der Waals surface area contributed by atoms with E-state index in [1.54, 1.807) is 31.9 Å². The fourth-order valence-electron chi connectivity index (χ4n) is 3.39. The third kappa shape index (κ3) is 3.39. The molecule has 1 saturated heterocycles. The SMILES string of the molecule is COc1cc(NC2CCN(c3ncnc4sccc34)CC2)cc(OC)c1. The lowest BCUT2D eigenvalue weighted by atomic mass is 10.0. The van der Waals surface area contributed by atoms with Crippen molar-refractivity contribution in [2.24, 2.45) is 0 Å². The van der Waals surface area contributed by atoms with E-state index in [1.807, 2.05) is 18.2 Å². The fraction of sp³-hybridized carbons (Fsp3) is 0.368. The Morgan fingerprint density at radius 2 is 1.81 bits per heavy atom. The quantitative estimate of drug-likeness (QED) is 0.737. The van der Waals surface area contributed by atoms with E-state index in [4.69, 9.17) is 9.47 Å². The molecule has 0 saturated carbocycles. The van der Waals surface area contributed by atoms with Gasteiger partial charge < -0.3 is 19.7 Å². The maximum Gasteiger partial charge on any atom is 0.140 e. The molecule has 1 aliphatic rings. The van der Waals surface area contributed by atoms with Crippen LogP contribution < -0.4 is 19.7 Å². The topological polar surface area (TPSA) is 59.5 Å². The van der Waals surface area contributed by atoms with Crippen LogP contribution in [0, 0.1) is 0 Å². The molecule has 1 fully saturated rings. The first kappa shape index (κ1) is 16.9. The van der Waals surface area contributed by atoms with Gasteiger partial charge in [0.05, 0.1) is 19.6 Å². The van der Waals surface area contributed by atoms with Crippen molar-refractivity contribution >= 4 is 33.1 Å². The zero-order valence-corrected chi connectivity index (χ0v) is 15.8. The van der Waals surface area contributed by atoms with Gasteiger partial charge in [-0.3, -0.25) is 0 Å². The van der Waals surface area contributed by atoms with Crippen molar-refractivity contribution in [2.45, 2.75) is 18.9 Å². The molecule has 136 valence electrons. The lowest BCUT2D eigenvalue weighted by molar-refractivity contribution is 0.394. The van der Waals surface area contributed by atoms with Gasteiger partial charge in [0.2, 0.25) is 0 Å². The van der Waals surface area contributed by atoms with E-state index in [9.17, 15) is 0 Å². The van der Waals surface area contributed by atoms with Crippen LogP contribution >= 0.6 is 11.3 Å². The van der Waals surface area contributed by atoms with Crippen LogP contribution in [0.15, 0.2) is 36.0 Å². The number of methoxy groups -OCH3 is 2. The third-order valence-corrected chi connectivity index (χ3v) is 5.58. The number of thiophene rings is 1. The van der Waals surface area contributed by atoms with Crippen molar-refractivity contribution in [1.29, 1.82) is 0 Å². The van der Waals surface area contributed by atoms with Crippen molar-refractivity contribution in [3.63, 3.8) is 0 Å². The first-order valence-corrected chi connectivity index (χ1v) is 9.57. The zero-order chi connectivity index (χ0) is 17.9. The predicted octanol–water partition coefficient (Wildman–Crippen LogP) is 3.79. The number of hydrogen-bond donors (Lipinski definition) is 1. The molecule has 0 radical (unpaired) electrons. The second-order valence-electron chi connectivity index (χ2n) is 6.34. The minimum absolute atomic E-state index is 0.419. The summed E-state index contributed by atoms with van der Waals surface area (Å²) in [6.45, 7) is 1.95. The smallest absolute Gasteiger partial charge is 0.140 e. The number of piperidine rings is 1. The van der Waals surface area contributed by atoms with Gasteiger partial charge in [0, 0.05) is 43.0 Å². The van der Waals surface area contributed by atoms with E-state index in [1.165, 1.54) is 0 Å². The molecule has 0 unspecified atom stereocenters. The molecule has 1 aliphatic heterocycles. The summed E-state index contributed by atoms with van der Waals surface area (Å²) in [4.78, 5) is 12.3. The van der Waals surface area contributed by atoms with Gasteiger partial charge in [-0.2, -0.15) is 0 Å². The molecule has 1 aromatic carbocycles. The largest absolute Gasteiger partial charge is 0.497 e. The molecule has 0 aliphatic carbocycles. The average Bonchev–Trinajstić information content (AvgIpc) is 3.17. The molecular weight excluding hydrogens is 348 g/mol. The second-order valence-corrected chi connectivity index (χ2v) is 7.24. The Bertz CT molecular complexity index is 868. The molecule has 6 nitrogen and oxygen atoms in total. The van der Waals surface area contributed by atoms with E-state index < -0.39 is 0 Å². The van der Waals surface area contributed by atoms with E-state index in [0.29, 0.717) is 6.04 Å². The van der Waals surface area contributed by atoms with Gasteiger partial charge in [-0.25, -0.2) is 9.97 Å². The minimum atomic E-state index is 0.419. The lowest BCUT2D eigenvalue weighted by Crippen LogP contribution is -2.39. The van der Waals surface area contributed by atoms with Crippen molar-refractivity contribution < 1.29 is 9.47 Å². The van der Waals surface area contributed by atoms with Gasteiger partial charge in [-0.1, -0.05) is 0 Å². The number of ether oxygens (including phenoxy) is 2. The fourth-order valence-corrected chi connectivity index (χ4v) is 4.12. The van der Waals surface area contributed by atoms with E-state index in [-0.39, 0.29) is 0 Å². The maximum absolute atomic E-state index is 5.35. The Kier molecular flexibility index (Phi) is 4.79. The highest BCUT2D eigenvalue weighted by Gasteiger charge is 2.22. The molecule has 26 heavy (non-hydrogen) atoms. The van der Waals surface area contributed by atoms with Crippen molar-refractivity contribution in [1.82, 2.24) is 9.97 Å². The van der Waals surface area contributed by atoms with Crippen LogP contribution in [0.1, 0.15) is 12.8 Å². The van der Waals surface area contributed by atoms with E-state index >= 15 is 0 Å². The normalized spacial score (nSPS) is 15.2. The molecule has 0 bridgehead atoms. The Hall–Kier alpha value is -2.54. The first-order chi connectivity index (χ1) is 12.8. The summed E-state index contributed by atoms with van der Waals surface area (Å²) in [7, 11) is 3.34. The Morgan fingerprint density at radius 3 is 2.50 bits per heavy atom. The Labute approximate surface area is 156 Å². The minimum Gasteiger partial charge on any atom is -0.497 e. The highest BCUT2D eigenvalue weighted by molar-refractivity contribution is 7.16. The Balaban J connectivity index is 1.43. The van der Waals surface area contributed by atoms with Gasteiger partial charge in [0.1, 0.15) is 28.5 Å². The maximum atomic E-state index is 5.35. The lowest BCUT2D eigenvalue weighted by Gasteiger charge is -2.34. The highest BCUT2D eigenvalue weighted by Crippen LogP contribution is 2.30. The summed E-state index contributed by atoms with van der Waals surface area (Å²) in [5.74, 6) is 2.65. The average molecular weight is 370 g/mol. The molecule has 3 aromatic rings. The standard InChI is InChI=1S/C19H22N4O2S/c1-24-15-9-14(10-16(11-15)25-2)22-13-3-6-23(7-4-13)18-17-5-8-26-19(17)21-12-20-18/h5,8-13,22H,3-4,6-7H2,1-2H3. The summed E-state index contributed by atoms with van der Waals surface area (Å²) in [6, 6.07) is 8.43. The van der Waals surface area contributed by atoms with Gasteiger partial charge in [0.15, 0.2) is 0 Å². The van der Waals surface area contributed by atoms with Crippen LogP contribution in [-0.4, -0.2) is 43.3 Å². The number of benzene rings is 1. The van der Waals surface area contributed by atoms with Gasteiger partial charge in [0.25, 0.3) is 0 Å². The van der Waals surface area contributed by atoms with Crippen LogP contribution in [-0.2, 0) is 0 Å². The van der Waals surface area contributed by atoms with Crippen LogP contribution in [0.4, 0.5) is 11.5 Å². The van der Waals surface area contributed by atoms with Crippen molar-refractivity contribution in [3.8, 4) is 11.5 Å². The molecule has 2 aromatic heterocycles. The number of nitrogens with zero attached hydrogens (tertiary/aromatic N) is 3. The molecule has 1 N–H and O–H groups in total. The molecule has 7 heteroatoms. The van der Waals surface area contributed by atoms with Crippen LogP contribution in [0.3, 0.4) is 0 Å². The van der Waals surface area contributed by atoms with Crippen molar-refractivity contribution in [2.75, 3.05) is 37.5 Å². The summed E-state index contributed by atoms with van der Waals surface area (Å²) in [5, 5.41) is 6.85. The monoisotopic (exact) mass is 370 g/mol. The zero-order valence-electron chi connectivity index (χ0n) is 14.9. The molecule has 4 rings (SSSR count). The first-order valence-electron chi connectivity index (χ1n) is 8.69. The van der Waals surface area contributed by atoms with E-state index in [2.05, 4.69) is 31.6 Å². The van der Waals surface area contributed by atoms with Crippen LogP contribution in [0.25, 0.3) is 10.2 Å². The second kappa shape index (κ2) is 7.37. The van der Waals surface area contributed by atoms with Gasteiger partial charge in [-0.15, -0.1) is 11.3 Å². The number of fused-ring (bicyclic) bond motifs is 1. The van der Waals surface area contributed by atoms with Crippen LogP contribution in [0.2, 0.25) is 0 Å².